The Kier molecular flexibility index (Phi) is 5.31. The predicted molar refractivity (Wildman–Crippen MR) is 90.0 cm³/mol. The second-order valence-corrected chi connectivity index (χ2v) is 5.35. The molecule has 0 bridgehead atoms. The Bertz CT molecular complexity index is 769. The van der Waals surface area contributed by atoms with E-state index in [4.69, 9.17) is 10.5 Å². The summed E-state index contributed by atoms with van der Waals surface area (Å²) in [6, 6.07) is 12.4. The maximum atomic E-state index is 12.3. The molecule has 0 aromatic heterocycles. The van der Waals surface area contributed by atoms with Crippen LogP contribution in [0.3, 0.4) is 0 Å². The second-order valence-electron chi connectivity index (χ2n) is 5.35. The zero-order valence-corrected chi connectivity index (χ0v) is 13.4. The van der Waals surface area contributed by atoms with E-state index in [1.807, 2.05) is 19.1 Å². The summed E-state index contributed by atoms with van der Waals surface area (Å²) in [5.41, 5.74) is 7.13. The topological polar surface area (TPSA) is 98.5 Å². The lowest BCUT2D eigenvalue weighted by atomic mass is 10.1. The van der Waals surface area contributed by atoms with Crippen LogP contribution in [-0.2, 0) is 4.74 Å². The van der Waals surface area contributed by atoms with Gasteiger partial charge in [0.05, 0.1) is 5.56 Å². The van der Waals surface area contributed by atoms with E-state index >= 15 is 0 Å². The molecule has 6 nitrogen and oxygen atoms in total. The number of benzene rings is 2. The summed E-state index contributed by atoms with van der Waals surface area (Å²) in [5.74, 6) is -0.939. The number of primary amides is 1. The first-order valence-electron chi connectivity index (χ1n) is 7.35. The molecule has 2 rings (SSSR count). The largest absolute Gasteiger partial charge is 0.451 e. The number of rotatable bonds is 5. The molecule has 1 atom stereocenters. The summed E-state index contributed by atoms with van der Waals surface area (Å²) in [4.78, 5) is 35.3. The molecule has 0 radical (unpaired) electrons. The van der Waals surface area contributed by atoms with E-state index in [-0.39, 0.29) is 11.3 Å². The van der Waals surface area contributed by atoms with Gasteiger partial charge < -0.3 is 15.8 Å². The molecule has 0 spiro atoms. The number of ketones is 1. The van der Waals surface area contributed by atoms with Crippen LogP contribution in [0.4, 0.5) is 10.5 Å². The maximum Gasteiger partial charge on any atom is 0.338 e. The number of nitrogens with two attached hydrogens (primary N) is 1. The zero-order valence-electron chi connectivity index (χ0n) is 13.4. The van der Waals surface area contributed by atoms with E-state index in [9.17, 15) is 14.4 Å². The Balaban J connectivity index is 2.07. The van der Waals surface area contributed by atoms with Gasteiger partial charge in [0.2, 0.25) is 5.78 Å². The summed E-state index contributed by atoms with van der Waals surface area (Å²) < 4.78 is 5.21. The van der Waals surface area contributed by atoms with Gasteiger partial charge in [0, 0.05) is 11.3 Å². The number of urea groups is 1. The van der Waals surface area contributed by atoms with Gasteiger partial charge >= 0.3 is 12.0 Å². The molecule has 3 N–H and O–H groups in total. The van der Waals surface area contributed by atoms with Crippen molar-refractivity contribution in [3.63, 3.8) is 0 Å². The lowest BCUT2D eigenvalue weighted by molar-refractivity contribution is 0.0319. The first-order chi connectivity index (χ1) is 11.4. The lowest BCUT2D eigenvalue weighted by Gasteiger charge is -2.13. The molecule has 6 heteroatoms. The number of anilines is 1. The molecule has 0 heterocycles. The van der Waals surface area contributed by atoms with E-state index in [2.05, 4.69) is 5.32 Å². The highest BCUT2D eigenvalue weighted by Crippen LogP contribution is 2.14. The van der Waals surface area contributed by atoms with Crippen LogP contribution in [0.25, 0.3) is 0 Å². The molecule has 0 saturated carbocycles. The molecule has 2 amide bonds. The summed E-state index contributed by atoms with van der Waals surface area (Å²) >= 11 is 0. The minimum Gasteiger partial charge on any atom is -0.451 e. The van der Waals surface area contributed by atoms with E-state index in [1.165, 1.54) is 19.1 Å². The van der Waals surface area contributed by atoms with Crippen LogP contribution < -0.4 is 11.1 Å². The zero-order chi connectivity index (χ0) is 17.7. The fourth-order valence-electron chi connectivity index (χ4n) is 2.10. The molecule has 0 aliphatic carbocycles. The van der Waals surface area contributed by atoms with Crippen molar-refractivity contribution in [2.24, 2.45) is 5.73 Å². The van der Waals surface area contributed by atoms with Crippen molar-refractivity contribution < 1.29 is 19.1 Å². The molecule has 2 aromatic carbocycles. The van der Waals surface area contributed by atoms with Gasteiger partial charge in [-0.15, -0.1) is 0 Å². The van der Waals surface area contributed by atoms with Crippen molar-refractivity contribution in [3.8, 4) is 0 Å². The smallest absolute Gasteiger partial charge is 0.338 e. The number of ether oxygens (including phenoxy) is 1. The summed E-state index contributed by atoms with van der Waals surface area (Å²) in [5, 5.41) is 2.37. The molecule has 24 heavy (non-hydrogen) atoms. The first kappa shape index (κ1) is 17.2. The first-order valence-corrected chi connectivity index (χ1v) is 7.35. The number of Topliss-reactive ketones (excluding diaryl/α,β-unsaturated/α-hetero) is 1. The maximum absolute atomic E-state index is 12.3. The van der Waals surface area contributed by atoms with Gasteiger partial charge in [-0.05, 0) is 32.0 Å². The molecule has 0 unspecified atom stereocenters. The van der Waals surface area contributed by atoms with Gasteiger partial charge in [0.15, 0.2) is 6.10 Å². The molecular formula is C18H18N2O4. The van der Waals surface area contributed by atoms with Crippen molar-refractivity contribution in [1.29, 1.82) is 0 Å². The average molecular weight is 326 g/mol. The predicted octanol–water partition coefficient (Wildman–Crippen LogP) is 2.91. The van der Waals surface area contributed by atoms with Crippen molar-refractivity contribution in [1.82, 2.24) is 0 Å². The van der Waals surface area contributed by atoms with Crippen LogP contribution in [0.1, 0.15) is 33.2 Å². The Morgan fingerprint density at radius 3 is 2.33 bits per heavy atom. The number of esters is 1. The highest BCUT2D eigenvalue weighted by atomic mass is 16.5. The number of amides is 2. The Labute approximate surface area is 139 Å². The SMILES string of the molecule is Cc1ccc(C(=O)[C@@H](C)OC(=O)c2cccc(NC(N)=O)c2)cc1. The van der Waals surface area contributed by atoms with Crippen LogP contribution in [0.5, 0.6) is 0 Å². The third-order valence-electron chi connectivity index (χ3n) is 3.35. The van der Waals surface area contributed by atoms with Crippen LogP contribution in [0, 0.1) is 6.92 Å². The van der Waals surface area contributed by atoms with E-state index in [0.717, 1.165) is 5.56 Å². The van der Waals surface area contributed by atoms with Crippen LogP contribution in [-0.4, -0.2) is 23.9 Å². The van der Waals surface area contributed by atoms with Gasteiger partial charge in [-0.1, -0.05) is 35.9 Å². The lowest BCUT2D eigenvalue weighted by Crippen LogP contribution is -2.24. The molecule has 0 saturated heterocycles. The fourth-order valence-corrected chi connectivity index (χ4v) is 2.10. The van der Waals surface area contributed by atoms with Gasteiger partial charge in [0.1, 0.15) is 0 Å². The van der Waals surface area contributed by atoms with Gasteiger partial charge in [-0.2, -0.15) is 0 Å². The molecular weight excluding hydrogens is 308 g/mol. The number of carbonyl (C=O) groups is 3. The normalized spacial score (nSPS) is 11.4. The van der Waals surface area contributed by atoms with Crippen LogP contribution >= 0.6 is 0 Å². The summed E-state index contributed by atoms with van der Waals surface area (Å²) in [6.45, 7) is 3.44. The summed E-state index contributed by atoms with van der Waals surface area (Å²) in [7, 11) is 0. The van der Waals surface area contributed by atoms with Crippen LogP contribution in [0.15, 0.2) is 48.5 Å². The average Bonchev–Trinajstić information content (AvgIpc) is 2.54. The van der Waals surface area contributed by atoms with Crippen molar-refractivity contribution in [3.05, 3.63) is 65.2 Å². The third-order valence-corrected chi connectivity index (χ3v) is 3.35. The second kappa shape index (κ2) is 7.41. The number of hydrogen-bond donors (Lipinski definition) is 2. The highest BCUT2D eigenvalue weighted by molar-refractivity contribution is 6.01. The minimum atomic E-state index is -0.923. The number of carbonyl (C=O) groups excluding carboxylic acids is 3. The van der Waals surface area contributed by atoms with E-state index in [0.29, 0.717) is 11.3 Å². The molecule has 0 fully saturated rings. The number of hydrogen-bond acceptors (Lipinski definition) is 4. The quantitative estimate of drug-likeness (QED) is 0.652. The molecule has 0 aliphatic heterocycles. The standard InChI is InChI=1S/C18H18N2O4/c1-11-6-8-13(9-7-11)16(21)12(2)24-17(22)14-4-3-5-15(10-14)20-18(19)23/h3-10,12H,1-2H3,(H3,19,20,23)/t12-/m1/s1. The Hall–Kier alpha value is -3.15. The van der Waals surface area contributed by atoms with Gasteiger partial charge in [0.25, 0.3) is 0 Å². The molecule has 0 aliphatic rings. The van der Waals surface area contributed by atoms with Gasteiger partial charge in [-0.3, -0.25) is 4.79 Å². The molecule has 2 aromatic rings. The van der Waals surface area contributed by atoms with Gasteiger partial charge in [-0.25, -0.2) is 9.59 Å². The monoisotopic (exact) mass is 326 g/mol. The number of aryl methyl sites for hydroxylation is 1. The van der Waals surface area contributed by atoms with E-state index < -0.39 is 18.1 Å². The van der Waals surface area contributed by atoms with Crippen LogP contribution in [0.2, 0.25) is 0 Å². The molecule has 124 valence electrons. The third kappa shape index (κ3) is 4.42. The highest BCUT2D eigenvalue weighted by Gasteiger charge is 2.20. The van der Waals surface area contributed by atoms with E-state index in [1.54, 1.807) is 24.3 Å². The Morgan fingerprint density at radius 2 is 1.71 bits per heavy atom. The number of nitrogens with one attached hydrogen (secondary N) is 1. The Morgan fingerprint density at radius 1 is 1.04 bits per heavy atom. The fraction of sp³-hybridized carbons (Fsp3) is 0.167. The van der Waals surface area contributed by atoms with Crippen molar-refractivity contribution in [2.75, 3.05) is 5.32 Å². The minimum absolute atomic E-state index is 0.213. The van der Waals surface area contributed by atoms with Crippen molar-refractivity contribution >= 4 is 23.5 Å². The summed E-state index contributed by atoms with van der Waals surface area (Å²) in [6.07, 6.45) is -0.923. The van der Waals surface area contributed by atoms with Crippen molar-refractivity contribution in [2.45, 2.75) is 20.0 Å².